The van der Waals surface area contributed by atoms with Gasteiger partial charge in [-0.25, -0.2) is 0 Å². The lowest BCUT2D eigenvalue weighted by Crippen LogP contribution is -2.35. The Kier molecular flexibility index (Phi) is 4.81. The Hall–Kier alpha value is -1.36. The van der Waals surface area contributed by atoms with Crippen LogP contribution in [0.4, 0.5) is 0 Å². The fourth-order valence-electron chi connectivity index (χ4n) is 1.90. The summed E-state index contributed by atoms with van der Waals surface area (Å²) in [5, 5.41) is 0. The highest BCUT2D eigenvalue weighted by Gasteiger charge is 2.20. The number of halogens is 1. The number of benzene rings is 1. The van der Waals surface area contributed by atoms with Crippen molar-refractivity contribution in [1.82, 2.24) is 4.90 Å². The lowest BCUT2D eigenvalue weighted by Gasteiger charge is -2.21. The Balaban J connectivity index is 2.04. The summed E-state index contributed by atoms with van der Waals surface area (Å²) in [5.41, 5.74) is 8.01. The number of carbonyl (C=O) groups is 1. The van der Waals surface area contributed by atoms with Gasteiger partial charge in [0.1, 0.15) is 6.04 Å². The summed E-state index contributed by atoms with van der Waals surface area (Å²) >= 11 is 7.36. The molecule has 1 amide bonds. The molecule has 1 aromatic heterocycles. The molecule has 2 rings (SSSR count). The van der Waals surface area contributed by atoms with Crippen molar-refractivity contribution in [2.24, 2.45) is 5.73 Å². The highest BCUT2D eigenvalue weighted by Crippen LogP contribution is 2.23. The molecule has 0 spiro atoms. The molecule has 0 aliphatic heterocycles. The summed E-state index contributed by atoms with van der Waals surface area (Å²) in [6.45, 7) is 2.53. The molecular formula is C15H17ClN2OS. The normalized spacial score (nSPS) is 12.2. The van der Waals surface area contributed by atoms with Crippen molar-refractivity contribution in [3.8, 4) is 0 Å². The van der Waals surface area contributed by atoms with Crippen LogP contribution in [0.15, 0.2) is 36.4 Å². The average Bonchev–Trinajstić information content (AvgIpc) is 2.83. The molecule has 3 nitrogen and oxygen atoms in total. The fraction of sp³-hybridized carbons (Fsp3) is 0.267. The number of amides is 1. The van der Waals surface area contributed by atoms with E-state index in [9.17, 15) is 4.79 Å². The van der Waals surface area contributed by atoms with E-state index >= 15 is 0 Å². The number of hydrogen-bond acceptors (Lipinski definition) is 3. The largest absolute Gasteiger partial charge is 0.339 e. The molecule has 1 aromatic carbocycles. The van der Waals surface area contributed by atoms with E-state index in [1.54, 1.807) is 11.9 Å². The maximum atomic E-state index is 12.3. The summed E-state index contributed by atoms with van der Waals surface area (Å²) in [4.78, 5) is 15.0. The zero-order valence-corrected chi connectivity index (χ0v) is 13.0. The van der Waals surface area contributed by atoms with Gasteiger partial charge in [0.05, 0.1) is 10.9 Å². The molecule has 1 unspecified atom stereocenters. The Morgan fingerprint density at radius 3 is 2.50 bits per heavy atom. The molecule has 2 aromatic rings. The Morgan fingerprint density at radius 1 is 1.30 bits per heavy atom. The Bertz CT molecular complexity index is 594. The van der Waals surface area contributed by atoms with Crippen LogP contribution >= 0.6 is 22.9 Å². The second kappa shape index (κ2) is 6.39. The lowest BCUT2D eigenvalue weighted by molar-refractivity contribution is -0.131. The maximum absolute atomic E-state index is 12.3. The molecule has 0 aliphatic rings. The van der Waals surface area contributed by atoms with Gasteiger partial charge in [0.15, 0.2) is 0 Å². The van der Waals surface area contributed by atoms with Crippen LogP contribution in [-0.2, 0) is 11.3 Å². The van der Waals surface area contributed by atoms with Gasteiger partial charge in [-0.3, -0.25) is 4.79 Å². The number of hydrogen-bond donors (Lipinski definition) is 1. The van der Waals surface area contributed by atoms with E-state index in [2.05, 4.69) is 0 Å². The van der Waals surface area contributed by atoms with Crippen molar-refractivity contribution < 1.29 is 4.79 Å². The zero-order chi connectivity index (χ0) is 14.7. The standard InChI is InChI=1S/C15H17ClN2OS/c1-10-3-5-11(6-4-10)14(17)15(19)18(2)9-12-7-8-13(16)20-12/h3-8,14H,9,17H2,1-2H3. The number of nitrogens with two attached hydrogens (primary N) is 1. The first-order valence-corrected chi connectivity index (χ1v) is 7.48. The van der Waals surface area contributed by atoms with Crippen LogP contribution in [-0.4, -0.2) is 17.9 Å². The molecular weight excluding hydrogens is 292 g/mol. The maximum Gasteiger partial charge on any atom is 0.244 e. The second-order valence-electron chi connectivity index (χ2n) is 4.79. The van der Waals surface area contributed by atoms with E-state index in [0.717, 1.165) is 20.3 Å². The van der Waals surface area contributed by atoms with E-state index in [1.807, 2.05) is 43.3 Å². The minimum absolute atomic E-state index is 0.0987. The first-order valence-electron chi connectivity index (χ1n) is 6.28. The molecule has 20 heavy (non-hydrogen) atoms. The van der Waals surface area contributed by atoms with Crippen molar-refractivity contribution in [3.63, 3.8) is 0 Å². The number of thiophene rings is 1. The number of carbonyl (C=O) groups excluding carboxylic acids is 1. The van der Waals surface area contributed by atoms with Crippen LogP contribution in [0.2, 0.25) is 4.34 Å². The highest BCUT2D eigenvalue weighted by atomic mass is 35.5. The number of rotatable bonds is 4. The van der Waals surface area contributed by atoms with E-state index < -0.39 is 6.04 Å². The monoisotopic (exact) mass is 308 g/mol. The Morgan fingerprint density at radius 2 is 1.95 bits per heavy atom. The van der Waals surface area contributed by atoms with Gasteiger partial charge in [0, 0.05) is 11.9 Å². The number of likely N-dealkylation sites (N-methyl/N-ethyl adjacent to an activating group) is 1. The third-order valence-electron chi connectivity index (χ3n) is 3.10. The molecule has 5 heteroatoms. The van der Waals surface area contributed by atoms with E-state index in [4.69, 9.17) is 17.3 Å². The van der Waals surface area contributed by atoms with Gasteiger partial charge in [-0.05, 0) is 24.6 Å². The topological polar surface area (TPSA) is 46.3 Å². The number of nitrogens with zero attached hydrogens (tertiary/aromatic N) is 1. The molecule has 0 bridgehead atoms. The molecule has 1 atom stereocenters. The van der Waals surface area contributed by atoms with Gasteiger partial charge in [-0.15, -0.1) is 11.3 Å². The first kappa shape index (κ1) is 15.0. The first-order chi connectivity index (χ1) is 9.47. The highest BCUT2D eigenvalue weighted by molar-refractivity contribution is 7.16. The van der Waals surface area contributed by atoms with Gasteiger partial charge in [0.25, 0.3) is 0 Å². The lowest BCUT2D eigenvalue weighted by atomic mass is 10.0. The SMILES string of the molecule is Cc1ccc(C(N)C(=O)N(C)Cc2ccc(Cl)s2)cc1. The second-order valence-corrected chi connectivity index (χ2v) is 6.59. The predicted octanol–water partition coefficient (Wildman–Crippen LogP) is 3.37. The summed E-state index contributed by atoms with van der Waals surface area (Å²) in [7, 11) is 1.75. The van der Waals surface area contributed by atoms with Crippen LogP contribution in [0.25, 0.3) is 0 Å². The van der Waals surface area contributed by atoms with Crippen LogP contribution in [0.5, 0.6) is 0 Å². The van der Waals surface area contributed by atoms with E-state index in [1.165, 1.54) is 11.3 Å². The van der Waals surface area contributed by atoms with E-state index in [-0.39, 0.29) is 5.91 Å². The van der Waals surface area contributed by atoms with Crippen LogP contribution in [0.3, 0.4) is 0 Å². The summed E-state index contributed by atoms with van der Waals surface area (Å²) in [6, 6.07) is 10.8. The molecule has 1 heterocycles. The molecule has 106 valence electrons. The van der Waals surface area contributed by atoms with Crippen LogP contribution in [0.1, 0.15) is 22.0 Å². The molecule has 0 aliphatic carbocycles. The molecule has 2 N–H and O–H groups in total. The van der Waals surface area contributed by atoms with Crippen molar-refractivity contribution in [2.75, 3.05) is 7.05 Å². The van der Waals surface area contributed by atoms with E-state index in [0.29, 0.717) is 6.54 Å². The van der Waals surface area contributed by atoms with Crippen LogP contribution < -0.4 is 5.73 Å². The summed E-state index contributed by atoms with van der Waals surface area (Å²) < 4.78 is 0.726. The summed E-state index contributed by atoms with van der Waals surface area (Å²) in [6.07, 6.45) is 0. The quantitative estimate of drug-likeness (QED) is 0.941. The van der Waals surface area contributed by atoms with Gasteiger partial charge in [0.2, 0.25) is 5.91 Å². The average molecular weight is 309 g/mol. The molecule has 0 saturated heterocycles. The molecule has 0 fully saturated rings. The van der Waals surface area contributed by atoms with Crippen molar-refractivity contribution >= 4 is 28.8 Å². The van der Waals surface area contributed by atoms with Gasteiger partial charge >= 0.3 is 0 Å². The van der Waals surface area contributed by atoms with Gasteiger partial charge in [-0.1, -0.05) is 41.4 Å². The predicted molar refractivity (Wildman–Crippen MR) is 83.9 cm³/mol. The smallest absolute Gasteiger partial charge is 0.244 e. The number of aryl methyl sites for hydroxylation is 1. The summed E-state index contributed by atoms with van der Waals surface area (Å²) in [5.74, 6) is -0.0987. The zero-order valence-electron chi connectivity index (χ0n) is 11.5. The van der Waals surface area contributed by atoms with Gasteiger partial charge in [-0.2, -0.15) is 0 Å². The molecule has 0 radical (unpaired) electrons. The minimum Gasteiger partial charge on any atom is -0.339 e. The van der Waals surface area contributed by atoms with Crippen molar-refractivity contribution in [2.45, 2.75) is 19.5 Å². The Labute approximate surface area is 128 Å². The fourth-order valence-corrected chi connectivity index (χ4v) is 3.04. The minimum atomic E-state index is -0.629. The third-order valence-corrected chi connectivity index (χ3v) is 4.32. The van der Waals surface area contributed by atoms with Crippen LogP contribution in [0, 0.1) is 6.92 Å². The van der Waals surface area contributed by atoms with Crippen molar-refractivity contribution in [3.05, 3.63) is 56.7 Å². The van der Waals surface area contributed by atoms with Crippen molar-refractivity contribution in [1.29, 1.82) is 0 Å². The third kappa shape index (κ3) is 3.60. The van der Waals surface area contributed by atoms with Gasteiger partial charge < -0.3 is 10.6 Å². The molecule has 0 saturated carbocycles.